The molecule has 2 heterocycles. The van der Waals surface area contributed by atoms with E-state index in [4.69, 9.17) is 21.5 Å². The zero-order valence-corrected chi connectivity index (χ0v) is 12.1. The second-order valence-electron chi connectivity index (χ2n) is 4.16. The number of carbonyl (C=O) groups is 1. The third-order valence-corrected chi connectivity index (χ3v) is 4.10. The number of hydrogen-bond donors (Lipinski definition) is 2. The van der Waals surface area contributed by atoms with Crippen molar-refractivity contribution in [2.75, 3.05) is 0 Å². The molecular formula is C14H9ClN2O3S. The molecule has 3 aromatic rings. The molecule has 0 aliphatic rings. The second-order valence-corrected chi connectivity index (χ2v) is 5.68. The summed E-state index contributed by atoms with van der Waals surface area (Å²) in [4.78, 5) is 15.9. The first-order chi connectivity index (χ1) is 10.2. The van der Waals surface area contributed by atoms with E-state index < -0.39 is 5.91 Å². The molecule has 1 aromatic carbocycles. The molecule has 0 radical (unpaired) electrons. The summed E-state index contributed by atoms with van der Waals surface area (Å²) < 4.78 is 6.56. The van der Waals surface area contributed by atoms with Crippen LogP contribution in [0.1, 0.15) is 9.67 Å². The number of fused-ring (bicyclic) bond motifs is 1. The van der Waals surface area contributed by atoms with Gasteiger partial charge in [-0.05, 0) is 30.3 Å². The highest BCUT2D eigenvalue weighted by Crippen LogP contribution is 2.34. The lowest BCUT2D eigenvalue weighted by Crippen LogP contribution is -2.16. The Hall–Kier alpha value is -2.15. The number of amides is 1. The maximum atomic E-state index is 11.5. The summed E-state index contributed by atoms with van der Waals surface area (Å²) in [5, 5.41) is 10.1. The fourth-order valence-electron chi connectivity index (χ4n) is 1.81. The Morgan fingerprint density at radius 1 is 1.29 bits per heavy atom. The van der Waals surface area contributed by atoms with Gasteiger partial charge in [0.05, 0.1) is 15.8 Å². The number of rotatable bonds is 3. The first-order valence-electron chi connectivity index (χ1n) is 5.93. The molecule has 0 aliphatic carbocycles. The molecule has 2 N–H and O–H groups in total. The molecule has 106 valence electrons. The molecule has 0 spiro atoms. The van der Waals surface area contributed by atoms with Crippen LogP contribution in [0.5, 0.6) is 11.5 Å². The molecule has 3 rings (SSSR count). The van der Waals surface area contributed by atoms with Crippen LogP contribution in [0.4, 0.5) is 0 Å². The highest BCUT2D eigenvalue weighted by molar-refractivity contribution is 7.20. The van der Waals surface area contributed by atoms with Crippen LogP contribution >= 0.6 is 22.9 Å². The maximum absolute atomic E-state index is 11.5. The van der Waals surface area contributed by atoms with Crippen molar-refractivity contribution in [1.29, 1.82) is 0 Å². The van der Waals surface area contributed by atoms with Crippen molar-refractivity contribution in [2.24, 2.45) is 0 Å². The lowest BCUT2D eigenvalue weighted by atomic mass is 10.3. The van der Waals surface area contributed by atoms with E-state index in [-0.39, 0.29) is 0 Å². The Morgan fingerprint density at radius 3 is 2.76 bits per heavy atom. The lowest BCUT2D eigenvalue weighted by molar-refractivity contribution is 0.0711. The van der Waals surface area contributed by atoms with E-state index in [0.29, 0.717) is 21.4 Å². The van der Waals surface area contributed by atoms with Crippen LogP contribution in [0.2, 0.25) is 5.02 Å². The Balaban J connectivity index is 2.00. The molecular weight excluding hydrogens is 312 g/mol. The highest BCUT2D eigenvalue weighted by Gasteiger charge is 2.13. The summed E-state index contributed by atoms with van der Waals surface area (Å²) in [6.07, 6.45) is 3.22. The summed E-state index contributed by atoms with van der Waals surface area (Å²) in [6.45, 7) is 0. The summed E-state index contributed by atoms with van der Waals surface area (Å²) in [7, 11) is 0. The average Bonchev–Trinajstić information content (AvgIpc) is 2.94. The predicted octanol–water partition coefficient (Wildman–Crippen LogP) is 3.86. The van der Waals surface area contributed by atoms with Crippen molar-refractivity contribution in [3.8, 4) is 11.5 Å². The molecule has 0 unspecified atom stereocenters. The molecule has 1 amide bonds. The number of carbonyl (C=O) groups excluding carboxylic acids is 1. The van der Waals surface area contributed by atoms with Gasteiger partial charge in [-0.2, -0.15) is 0 Å². The molecule has 0 atom stereocenters. The van der Waals surface area contributed by atoms with Crippen molar-refractivity contribution in [1.82, 2.24) is 10.5 Å². The van der Waals surface area contributed by atoms with E-state index in [1.807, 2.05) is 0 Å². The summed E-state index contributed by atoms with van der Waals surface area (Å²) in [5.74, 6) is 0.588. The minimum absolute atomic E-state index is 0.376. The van der Waals surface area contributed by atoms with Gasteiger partial charge in [-0.1, -0.05) is 11.6 Å². The number of aromatic nitrogens is 1. The Kier molecular flexibility index (Phi) is 3.74. The number of hydrogen-bond acceptors (Lipinski definition) is 5. The van der Waals surface area contributed by atoms with Gasteiger partial charge in [-0.15, -0.1) is 11.3 Å². The summed E-state index contributed by atoms with van der Waals surface area (Å²) in [5.41, 5.74) is 1.61. The van der Waals surface area contributed by atoms with E-state index in [0.717, 1.165) is 10.1 Å². The Morgan fingerprint density at radius 2 is 2.05 bits per heavy atom. The molecule has 0 saturated carbocycles. The van der Waals surface area contributed by atoms with Gasteiger partial charge in [-0.25, -0.2) is 5.48 Å². The number of hydroxylamine groups is 1. The minimum Gasteiger partial charge on any atom is -0.455 e. The van der Waals surface area contributed by atoms with E-state index in [9.17, 15) is 4.79 Å². The summed E-state index contributed by atoms with van der Waals surface area (Å²) in [6, 6.07) is 8.59. The van der Waals surface area contributed by atoms with Gasteiger partial charge in [0.2, 0.25) is 0 Å². The smallest absolute Gasteiger partial charge is 0.284 e. The molecule has 0 bridgehead atoms. The van der Waals surface area contributed by atoms with Gasteiger partial charge in [0.1, 0.15) is 5.75 Å². The van der Waals surface area contributed by atoms with Crippen LogP contribution in [0.25, 0.3) is 10.1 Å². The number of nitrogens with zero attached hydrogens (tertiary/aromatic N) is 1. The van der Waals surface area contributed by atoms with Crippen LogP contribution < -0.4 is 10.2 Å². The zero-order valence-electron chi connectivity index (χ0n) is 10.5. The molecule has 5 nitrogen and oxygen atoms in total. The first-order valence-corrected chi connectivity index (χ1v) is 7.12. The third kappa shape index (κ3) is 2.82. The van der Waals surface area contributed by atoms with E-state index in [1.54, 1.807) is 48.2 Å². The predicted molar refractivity (Wildman–Crippen MR) is 80.4 cm³/mol. The van der Waals surface area contributed by atoms with Crippen LogP contribution in [0.3, 0.4) is 0 Å². The van der Waals surface area contributed by atoms with Crippen LogP contribution in [-0.2, 0) is 0 Å². The largest absolute Gasteiger partial charge is 0.455 e. The topological polar surface area (TPSA) is 71.5 Å². The number of ether oxygens (including phenoxy) is 1. The van der Waals surface area contributed by atoms with Crippen LogP contribution in [0, 0.1) is 0 Å². The SMILES string of the molecule is O=C(NO)c1cc2c(Oc3ccc(Cl)cc3)cncc2s1. The maximum Gasteiger partial charge on any atom is 0.284 e. The molecule has 2 aromatic heterocycles. The fraction of sp³-hybridized carbons (Fsp3) is 0. The molecule has 0 aliphatic heterocycles. The average molecular weight is 321 g/mol. The highest BCUT2D eigenvalue weighted by atomic mass is 35.5. The van der Waals surface area contributed by atoms with Gasteiger partial charge in [-0.3, -0.25) is 15.0 Å². The van der Waals surface area contributed by atoms with E-state index in [1.165, 1.54) is 11.3 Å². The van der Waals surface area contributed by atoms with E-state index in [2.05, 4.69) is 4.98 Å². The monoisotopic (exact) mass is 320 g/mol. The number of thiophene rings is 1. The van der Waals surface area contributed by atoms with Crippen molar-refractivity contribution < 1.29 is 14.7 Å². The zero-order chi connectivity index (χ0) is 14.8. The molecule has 7 heteroatoms. The normalized spacial score (nSPS) is 10.6. The molecule has 0 saturated heterocycles. The number of halogens is 1. The Labute approximate surface area is 128 Å². The van der Waals surface area contributed by atoms with Crippen LogP contribution in [0.15, 0.2) is 42.7 Å². The van der Waals surface area contributed by atoms with Gasteiger partial charge in [0.15, 0.2) is 5.75 Å². The van der Waals surface area contributed by atoms with Gasteiger partial charge in [0, 0.05) is 16.6 Å². The number of pyridine rings is 1. The minimum atomic E-state index is -0.561. The lowest BCUT2D eigenvalue weighted by Gasteiger charge is -2.06. The third-order valence-electron chi connectivity index (χ3n) is 2.78. The Bertz CT molecular complexity index is 802. The number of benzene rings is 1. The van der Waals surface area contributed by atoms with Crippen molar-refractivity contribution >= 4 is 38.9 Å². The van der Waals surface area contributed by atoms with Gasteiger partial charge in [0.25, 0.3) is 5.91 Å². The van der Waals surface area contributed by atoms with Gasteiger partial charge >= 0.3 is 0 Å². The fourth-order valence-corrected chi connectivity index (χ4v) is 2.87. The van der Waals surface area contributed by atoms with Gasteiger partial charge < -0.3 is 4.74 Å². The standard InChI is InChI=1S/C14H9ClN2O3S/c15-8-1-3-9(4-2-8)20-11-6-16-7-13-10(11)5-12(21-13)14(18)17-19/h1-7,19H,(H,17,18). The van der Waals surface area contributed by atoms with Crippen molar-refractivity contribution in [3.05, 3.63) is 52.6 Å². The first kappa shape index (κ1) is 13.8. The molecule has 0 fully saturated rings. The number of nitrogens with one attached hydrogen (secondary N) is 1. The van der Waals surface area contributed by atoms with E-state index >= 15 is 0 Å². The summed E-state index contributed by atoms with van der Waals surface area (Å²) >= 11 is 7.05. The molecule has 21 heavy (non-hydrogen) atoms. The van der Waals surface area contributed by atoms with Crippen LogP contribution in [-0.4, -0.2) is 16.1 Å². The second kappa shape index (κ2) is 5.69. The van der Waals surface area contributed by atoms with Crippen molar-refractivity contribution in [3.63, 3.8) is 0 Å². The van der Waals surface area contributed by atoms with Crippen molar-refractivity contribution in [2.45, 2.75) is 0 Å². The quantitative estimate of drug-likeness (QED) is 0.568.